The van der Waals surface area contributed by atoms with Gasteiger partial charge in [-0.25, -0.2) is 19.9 Å². The normalized spacial score (nSPS) is 11.0. The Kier molecular flexibility index (Phi) is 9.05. The SMILES string of the molecule is CCCCCCCCCCCc1nccn1CCc1ncncn1. The van der Waals surface area contributed by atoms with Gasteiger partial charge in [-0.05, 0) is 6.42 Å². The first-order valence-electron chi connectivity index (χ1n) is 9.51. The van der Waals surface area contributed by atoms with Crippen LogP contribution >= 0.6 is 0 Å². The molecule has 2 aromatic heterocycles. The molecule has 132 valence electrons. The molecule has 2 aromatic rings. The maximum Gasteiger partial charge on any atom is 0.133 e. The number of aryl methyl sites for hydroxylation is 3. The lowest BCUT2D eigenvalue weighted by Crippen LogP contribution is -2.07. The van der Waals surface area contributed by atoms with Crippen LogP contribution in [-0.4, -0.2) is 24.5 Å². The van der Waals surface area contributed by atoms with Crippen LogP contribution in [0.15, 0.2) is 25.0 Å². The molecule has 5 heteroatoms. The topological polar surface area (TPSA) is 56.5 Å². The largest absolute Gasteiger partial charge is 0.334 e. The van der Waals surface area contributed by atoms with Crippen LogP contribution in [0, 0.1) is 0 Å². The minimum absolute atomic E-state index is 0.823. The monoisotopic (exact) mass is 329 g/mol. The van der Waals surface area contributed by atoms with E-state index >= 15 is 0 Å². The van der Waals surface area contributed by atoms with E-state index in [2.05, 4.69) is 37.6 Å². The number of hydrogen-bond acceptors (Lipinski definition) is 4. The number of unbranched alkanes of at least 4 members (excludes halogenated alkanes) is 8. The summed E-state index contributed by atoms with van der Waals surface area (Å²) in [6, 6.07) is 0. The average molecular weight is 329 g/mol. The van der Waals surface area contributed by atoms with Gasteiger partial charge >= 0.3 is 0 Å². The van der Waals surface area contributed by atoms with Gasteiger partial charge in [0.2, 0.25) is 0 Å². The highest BCUT2D eigenvalue weighted by Gasteiger charge is 2.04. The van der Waals surface area contributed by atoms with Gasteiger partial charge < -0.3 is 4.57 Å². The van der Waals surface area contributed by atoms with Crippen LogP contribution in [0.3, 0.4) is 0 Å². The maximum atomic E-state index is 4.51. The van der Waals surface area contributed by atoms with Gasteiger partial charge in [-0.15, -0.1) is 0 Å². The molecule has 0 amide bonds. The minimum Gasteiger partial charge on any atom is -0.334 e. The summed E-state index contributed by atoms with van der Waals surface area (Å²) in [6.45, 7) is 3.16. The summed E-state index contributed by atoms with van der Waals surface area (Å²) in [5, 5.41) is 0. The number of rotatable bonds is 13. The maximum absolute atomic E-state index is 4.51. The van der Waals surface area contributed by atoms with Crippen LogP contribution in [-0.2, 0) is 19.4 Å². The van der Waals surface area contributed by atoms with E-state index in [1.54, 1.807) is 12.7 Å². The van der Waals surface area contributed by atoms with Crippen LogP contribution in [0.5, 0.6) is 0 Å². The summed E-state index contributed by atoms with van der Waals surface area (Å²) >= 11 is 0. The number of imidazole rings is 1. The van der Waals surface area contributed by atoms with Gasteiger partial charge in [0.25, 0.3) is 0 Å². The van der Waals surface area contributed by atoms with Crippen molar-refractivity contribution in [3.63, 3.8) is 0 Å². The van der Waals surface area contributed by atoms with Gasteiger partial charge in [0.05, 0.1) is 0 Å². The van der Waals surface area contributed by atoms with Gasteiger partial charge in [0.15, 0.2) is 0 Å². The summed E-state index contributed by atoms with van der Waals surface area (Å²) < 4.78 is 2.23. The molecule has 0 unspecified atom stereocenters. The lowest BCUT2D eigenvalue weighted by molar-refractivity contribution is 0.553. The lowest BCUT2D eigenvalue weighted by Gasteiger charge is -2.07. The molecule has 0 N–H and O–H groups in total. The summed E-state index contributed by atoms with van der Waals surface area (Å²) in [7, 11) is 0. The van der Waals surface area contributed by atoms with Gasteiger partial charge in [-0.2, -0.15) is 0 Å². The van der Waals surface area contributed by atoms with E-state index in [0.717, 1.165) is 25.2 Å². The van der Waals surface area contributed by atoms with E-state index in [1.807, 2.05) is 6.20 Å². The van der Waals surface area contributed by atoms with Crippen molar-refractivity contribution in [3.05, 3.63) is 36.7 Å². The number of hydrogen-bond donors (Lipinski definition) is 0. The Balaban J connectivity index is 1.58. The average Bonchev–Trinajstić information content (AvgIpc) is 3.07. The Morgan fingerprint density at radius 3 is 2.17 bits per heavy atom. The molecule has 0 aromatic carbocycles. The van der Waals surface area contributed by atoms with Crippen LogP contribution in [0.2, 0.25) is 0 Å². The predicted octanol–water partition coefficient (Wildman–Crippen LogP) is 4.38. The van der Waals surface area contributed by atoms with Gasteiger partial charge in [-0.3, -0.25) is 0 Å². The van der Waals surface area contributed by atoms with Crippen molar-refractivity contribution in [2.75, 3.05) is 0 Å². The van der Waals surface area contributed by atoms with E-state index in [1.165, 1.54) is 63.6 Å². The van der Waals surface area contributed by atoms with E-state index in [0.29, 0.717) is 0 Å². The molecule has 24 heavy (non-hydrogen) atoms. The fourth-order valence-corrected chi connectivity index (χ4v) is 2.98. The molecular formula is C19H31N5. The van der Waals surface area contributed by atoms with E-state index < -0.39 is 0 Å². The van der Waals surface area contributed by atoms with Crippen molar-refractivity contribution in [1.29, 1.82) is 0 Å². The van der Waals surface area contributed by atoms with Crippen LogP contribution < -0.4 is 0 Å². The van der Waals surface area contributed by atoms with Crippen LogP contribution in [0.1, 0.15) is 76.4 Å². The standard InChI is InChI=1S/C19H31N5/c1-2-3-4-5-6-7-8-9-10-11-19-21-13-15-24(19)14-12-18-22-16-20-17-23-18/h13,15-17H,2-12,14H2,1H3. The Bertz CT molecular complexity index is 538. The number of nitrogens with zero attached hydrogens (tertiary/aromatic N) is 5. The zero-order valence-corrected chi connectivity index (χ0v) is 15.0. The molecular weight excluding hydrogens is 298 g/mol. The molecule has 0 fully saturated rings. The molecule has 2 heterocycles. The first-order chi connectivity index (χ1) is 11.9. The van der Waals surface area contributed by atoms with Crippen LogP contribution in [0.25, 0.3) is 0 Å². The second-order valence-electron chi connectivity index (χ2n) is 6.42. The molecule has 0 aliphatic rings. The van der Waals surface area contributed by atoms with E-state index in [9.17, 15) is 0 Å². The van der Waals surface area contributed by atoms with E-state index in [4.69, 9.17) is 0 Å². The van der Waals surface area contributed by atoms with Crippen molar-refractivity contribution in [1.82, 2.24) is 24.5 Å². The summed E-state index contributed by atoms with van der Waals surface area (Å²) in [6.07, 6.45) is 21.2. The predicted molar refractivity (Wildman–Crippen MR) is 96.7 cm³/mol. The number of aromatic nitrogens is 5. The first-order valence-corrected chi connectivity index (χ1v) is 9.51. The van der Waals surface area contributed by atoms with Crippen molar-refractivity contribution >= 4 is 0 Å². The fraction of sp³-hybridized carbons (Fsp3) is 0.684. The highest BCUT2D eigenvalue weighted by Crippen LogP contribution is 2.11. The zero-order valence-electron chi connectivity index (χ0n) is 15.0. The Hall–Kier alpha value is -1.78. The first kappa shape index (κ1) is 18.6. The third kappa shape index (κ3) is 7.20. The Morgan fingerprint density at radius 2 is 1.46 bits per heavy atom. The third-order valence-electron chi connectivity index (χ3n) is 4.43. The Morgan fingerprint density at radius 1 is 0.792 bits per heavy atom. The smallest absolute Gasteiger partial charge is 0.133 e. The Labute approximate surface area is 146 Å². The van der Waals surface area contributed by atoms with Crippen molar-refractivity contribution < 1.29 is 0 Å². The molecule has 0 aliphatic heterocycles. The quantitative estimate of drug-likeness (QED) is 0.512. The molecule has 0 radical (unpaired) electrons. The molecule has 0 atom stereocenters. The molecule has 5 nitrogen and oxygen atoms in total. The molecule has 2 rings (SSSR count). The highest BCUT2D eigenvalue weighted by atomic mass is 15.1. The molecule has 0 saturated heterocycles. The van der Waals surface area contributed by atoms with Crippen molar-refractivity contribution in [2.24, 2.45) is 0 Å². The molecule has 0 saturated carbocycles. The highest BCUT2D eigenvalue weighted by molar-refractivity contribution is 4.94. The summed E-state index contributed by atoms with van der Waals surface area (Å²) in [5.74, 6) is 2.03. The molecule has 0 aliphatic carbocycles. The summed E-state index contributed by atoms with van der Waals surface area (Å²) in [4.78, 5) is 16.7. The van der Waals surface area contributed by atoms with Crippen molar-refractivity contribution in [3.8, 4) is 0 Å². The molecule has 0 spiro atoms. The second-order valence-corrected chi connectivity index (χ2v) is 6.42. The summed E-state index contributed by atoms with van der Waals surface area (Å²) in [5.41, 5.74) is 0. The third-order valence-corrected chi connectivity index (χ3v) is 4.43. The van der Waals surface area contributed by atoms with Crippen molar-refractivity contribution in [2.45, 2.75) is 84.1 Å². The van der Waals surface area contributed by atoms with Crippen LogP contribution in [0.4, 0.5) is 0 Å². The minimum atomic E-state index is 0.823. The lowest BCUT2D eigenvalue weighted by atomic mass is 10.1. The van der Waals surface area contributed by atoms with E-state index in [-0.39, 0.29) is 0 Å². The van der Waals surface area contributed by atoms with Gasteiger partial charge in [-0.1, -0.05) is 58.3 Å². The zero-order chi connectivity index (χ0) is 16.9. The van der Waals surface area contributed by atoms with Gasteiger partial charge in [0.1, 0.15) is 24.3 Å². The second kappa shape index (κ2) is 11.7. The molecule has 0 bridgehead atoms. The van der Waals surface area contributed by atoms with Gasteiger partial charge in [0, 0.05) is 31.8 Å². The fourth-order valence-electron chi connectivity index (χ4n) is 2.98.